The SMILES string of the molecule is CC(C)Oc1cccc(C(=O)NC2(C)CCNCC2)c1. The van der Waals surface area contributed by atoms with E-state index >= 15 is 0 Å². The van der Waals surface area contributed by atoms with Crippen LogP contribution >= 0.6 is 0 Å². The molecule has 1 amide bonds. The summed E-state index contributed by atoms with van der Waals surface area (Å²) in [6, 6.07) is 7.37. The molecule has 20 heavy (non-hydrogen) atoms. The van der Waals surface area contributed by atoms with Crippen molar-refractivity contribution in [3.63, 3.8) is 0 Å². The van der Waals surface area contributed by atoms with Gasteiger partial charge < -0.3 is 15.4 Å². The van der Waals surface area contributed by atoms with Crippen LogP contribution in [0.15, 0.2) is 24.3 Å². The topological polar surface area (TPSA) is 50.4 Å². The third-order valence-electron chi connectivity index (χ3n) is 3.59. The number of hydrogen-bond donors (Lipinski definition) is 2. The van der Waals surface area contributed by atoms with Crippen LogP contribution < -0.4 is 15.4 Å². The van der Waals surface area contributed by atoms with Crippen LogP contribution in [0.25, 0.3) is 0 Å². The summed E-state index contributed by atoms with van der Waals surface area (Å²) in [6.45, 7) is 7.96. The van der Waals surface area contributed by atoms with Crippen molar-refractivity contribution in [1.29, 1.82) is 0 Å². The highest BCUT2D eigenvalue weighted by atomic mass is 16.5. The first-order valence-electron chi connectivity index (χ1n) is 7.28. The lowest BCUT2D eigenvalue weighted by Crippen LogP contribution is -2.52. The molecule has 1 aliphatic heterocycles. The second-order valence-corrected chi connectivity index (χ2v) is 5.96. The molecular formula is C16H24N2O2. The van der Waals surface area contributed by atoms with Gasteiger partial charge in [0, 0.05) is 11.1 Å². The zero-order valence-corrected chi connectivity index (χ0v) is 12.5. The van der Waals surface area contributed by atoms with Crippen molar-refractivity contribution >= 4 is 5.91 Å². The highest BCUT2D eigenvalue weighted by Crippen LogP contribution is 2.20. The minimum absolute atomic E-state index is 0.0244. The molecule has 0 unspecified atom stereocenters. The molecule has 0 bridgehead atoms. The zero-order chi connectivity index (χ0) is 14.6. The van der Waals surface area contributed by atoms with Crippen LogP contribution in [0.2, 0.25) is 0 Å². The van der Waals surface area contributed by atoms with E-state index in [0.29, 0.717) is 5.56 Å². The highest BCUT2D eigenvalue weighted by molar-refractivity contribution is 5.95. The Morgan fingerprint density at radius 2 is 2.05 bits per heavy atom. The summed E-state index contributed by atoms with van der Waals surface area (Å²) in [4.78, 5) is 12.4. The molecule has 0 saturated carbocycles. The molecule has 0 radical (unpaired) electrons. The van der Waals surface area contributed by atoms with Gasteiger partial charge in [-0.1, -0.05) is 6.07 Å². The fourth-order valence-electron chi connectivity index (χ4n) is 2.43. The Balaban J connectivity index is 2.05. The van der Waals surface area contributed by atoms with Gasteiger partial charge in [0.25, 0.3) is 5.91 Å². The first-order chi connectivity index (χ1) is 9.48. The van der Waals surface area contributed by atoms with E-state index in [1.807, 2.05) is 32.0 Å². The summed E-state index contributed by atoms with van der Waals surface area (Å²) in [5, 5.41) is 6.47. The standard InChI is InChI=1S/C16H24N2O2/c1-12(2)20-14-6-4-5-13(11-14)15(19)18-16(3)7-9-17-10-8-16/h4-6,11-12,17H,7-10H2,1-3H3,(H,18,19). The van der Waals surface area contributed by atoms with Gasteiger partial charge in [0.2, 0.25) is 0 Å². The molecular weight excluding hydrogens is 252 g/mol. The summed E-state index contributed by atoms with van der Waals surface area (Å²) in [7, 11) is 0. The second-order valence-electron chi connectivity index (χ2n) is 5.96. The van der Waals surface area contributed by atoms with Crippen LogP contribution in [0.5, 0.6) is 5.75 Å². The summed E-state index contributed by atoms with van der Waals surface area (Å²) in [5.74, 6) is 0.715. The summed E-state index contributed by atoms with van der Waals surface area (Å²) >= 11 is 0. The first kappa shape index (κ1) is 14.9. The number of piperidine rings is 1. The maximum atomic E-state index is 12.4. The second kappa shape index (κ2) is 6.27. The predicted molar refractivity (Wildman–Crippen MR) is 80.2 cm³/mol. The Kier molecular flexibility index (Phi) is 4.65. The predicted octanol–water partition coefficient (Wildman–Crippen LogP) is 2.35. The molecule has 1 aliphatic rings. The van der Waals surface area contributed by atoms with Crippen molar-refractivity contribution in [2.75, 3.05) is 13.1 Å². The highest BCUT2D eigenvalue weighted by Gasteiger charge is 2.28. The molecule has 2 N–H and O–H groups in total. The number of carbonyl (C=O) groups is 1. The Hall–Kier alpha value is -1.55. The summed E-state index contributed by atoms with van der Waals surface area (Å²) < 4.78 is 5.63. The van der Waals surface area contributed by atoms with Crippen molar-refractivity contribution in [3.8, 4) is 5.75 Å². The minimum Gasteiger partial charge on any atom is -0.491 e. The molecule has 0 aliphatic carbocycles. The molecule has 4 heteroatoms. The number of amides is 1. The van der Waals surface area contributed by atoms with Crippen LogP contribution in [-0.2, 0) is 0 Å². The quantitative estimate of drug-likeness (QED) is 0.887. The molecule has 0 atom stereocenters. The normalized spacial score (nSPS) is 17.8. The smallest absolute Gasteiger partial charge is 0.251 e. The number of benzene rings is 1. The molecule has 110 valence electrons. The van der Waals surface area contributed by atoms with Gasteiger partial charge in [-0.2, -0.15) is 0 Å². The van der Waals surface area contributed by atoms with E-state index in [0.717, 1.165) is 31.7 Å². The Morgan fingerprint density at radius 1 is 1.35 bits per heavy atom. The molecule has 4 nitrogen and oxygen atoms in total. The van der Waals surface area contributed by atoms with Crippen molar-refractivity contribution in [1.82, 2.24) is 10.6 Å². The number of carbonyl (C=O) groups excluding carboxylic acids is 1. The average molecular weight is 276 g/mol. The van der Waals surface area contributed by atoms with Gasteiger partial charge in [-0.05, 0) is 64.9 Å². The van der Waals surface area contributed by atoms with E-state index in [4.69, 9.17) is 4.74 Å². The lowest BCUT2D eigenvalue weighted by Gasteiger charge is -2.35. The van der Waals surface area contributed by atoms with Gasteiger partial charge in [0.1, 0.15) is 5.75 Å². The van der Waals surface area contributed by atoms with Gasteiger partial charge in [0.05, 0.1) is 6.10 Å². The molecule has 1 aromatic carbocycles. The van der Waals surface area contributed by atoms with E-state index in [-0.39, 0.29) is 17.6 Å². The number of hydrogen-bond acceptors (Lipinski definition) is 3. The lowest BCUT2D eigenvalue weighted by molar-refractivity contribution is 0.0887. The minimum atomic E-state index is -0.114. The monoisotopic (exact) mass is 276 g/mol. The van der Waals surface area contributed by atoms with Crippen molar-refractivity contribution < 1.29 is 9.53 Å². The van der Waals surface area contributed by atoms with Gasteiger partial charge in [-0.15, -0.1) is 0 Å². The fourth-order valence-corrected chi connectivity index (χ4v) is 2.43. The van der Waals surface area contributed by atoms with Gasteiger partial charge in [-0.3, -0.25) is 4.79 Å². The van der Waals surface area contributed by atoms with Crippen molar-refractivity contribution in [2.45, 2.75) is 45.3 Å². The van der Waals surface area contributed by atoms with E-state index in [1.54, 1.807) is 6.07 Å². The molecule has 0 spiro atoms. The first-order valence-corrected chi connectivity index (χ1v) is 7.28. The summed E-state index contributed by atoms with van der Waals surface area (Å²) in [5.41, 5.74) is 0.542. The van der Waals surface area contributed by atoms with Gasteiger partial charge in [-0.25, -0.2) is 0 Å². The van der Waals surface area contributed by atoms with Crippen molar-refractivity contribution in [3.05, 3.63) is 29.8 Å². The van der Waals surface area contributed by atoms with E-state index in [1.165, 1.54) is 0 Å². The fraction of sp³-hybridized carbons (Fsp3) is 0.562. The van der Waals surface area contributed by atoms with E-state index in [2.05, 4.69) is 17.6 Å². The number of ether oxygens (including phenoxy) is 1. The average Bonchev–Trinajstić information content (AvgIpc) is 2.38. The molecule has 1 heterocycles. The van der Waals surface area contributed by atoms with Crippen LogP contribution in [0.3, 0.4) is 0 Å². The van der Waals surface area contributed by atoms with E-state index < -0.39 is 0 Å². The maximum absolute atomic E-state index is 12.4. The van der Waals surface area contributed by atoms with Crippen LogP contribution in [0.1, 0.15) is 44.0 Å². The molecule has 1 saturated heterocycles. The molecule has 2 rings (SSSR count). The third kappa shape index (κ3) is 3.97. The Labute approximate surface area is 120 Å². The maximum Gasteiger partial charge on any atom is 0.251 e. The number of nitrogens with one attached hydrogen (secondary N) is 2. The largest absolute Gasteiger partial charge is 0.491 e. The Bertz CT molecular complexity index is 465. The molecule has 0 aromatic heterocycles. The zero-order valence-electron chi connectivity index (χ0n) is 12.5. The Morgan fingerprint density at radius 3 is 2.70 bits per heavy atom. The van der Waals surface area contributed by atoms with E-state index in [9.17, 15) is 4.79 Å². The number of rotatable bonds is 4. The van der Waals surface area contributed by atoms with Gasteiger partial charge in [0.15, 0.2) is 0 Å². The molecule has 1 fully saturated rings. The summed E-state index contributed by atoms with van der Waals surface area (Å²) in [6.07, 6.45) is 2.03. The third-order valence-corrected chi connectivity index (χ3v) is 3.59. The van der Waals surface area contributed by atoms with Crippen LogP contribution in [-0.4, -0.2) is 30.6 Å². The van der Waals surface area contributed by atoms with Crippen LogP contribution in [0, 0.1) is 0 Å². The van der Waals surface area contributed by atoms with Crippen molar-refractivity contribution in [2.24, 2.45) is 0 Å². The van der Waals surface area contributed by atoms with Crippen LogP contribution in [0.4, 0.5) is 0 Å². The molecule has 1 aromatic rings. The lowest BCUT2D eigenvalue weighted by atomic mass is 9.90. The van der Waals surface area contributed by atoms with Gasteiger partial charge >= 0.3 is 0 Å².